The average molecular weight is 546 g/mol. The van der Waals surface area contributed by atoms with Crippen molar-refractivity contribution in [3.63, 3.8) is 0 Å². The Bertz CT molecular complexity index is 745. The molecule has 4 N–H and O–H groups in total. The molecule has 1 saturated heterocycles. The first-order valence-electron chi connectivity index (χ1n) is 10.3. The van der Waals surface area contributed by atoms with E-state index in [0.29, 0.717) is 25.6 Å². The molecular formula is C21H35IN6O3. The molecule has 1 aliphatic heterocycles. The predicted molar refractivity (Wildman–Crippen MR) is 134 cm³/mol. The summed E-state index contributed by atoms with van der Waals surface area (Å²) in [6.07, 6.45) is 1.69. The summed E-state index contributed by atoms with van der Waals surface area (Å²) in [7, 11) is 1.68. The van der Waals surface area contributed by atoms with Crippen LogP contribution in [0.4, 0.5) is 15.3 Å². The van der Waals surface area contributed by atoms with Crippen molar-refractivity contribution >= 4 is 47.7 Å². The minimum Gasteiger partial charge on any atom is -0.444 e. The standard InChI is InChI=1S/C21H34N6O3.HI/c1-21(2,3)30-20(29)24-11-10-23-18(22-4)25-15-16-8-7-9-17(14-16)26-19(28)27-12-5-6-13-27;/h7-9,14H,5-6,10-13,15H2,1-4H3,(H,24,29)(H,26,28)(H2,22,23,25);1H. The Kier molecular flexibility index (Phi) is 11.4. The molecule has 2 rings (SSSR count). The van der Waals surface area contributed by atoms with Crippen molar-refractivity contribution in [3.05, 3.63) is 29.8 Å². The minimum atomic E-state index is -0.516. The van der Waals surface area contributed by atoms with Crippen LogP contribution in [0.15, 0.2) is 29.3 Å². The van der Waals surface area contributed by atoms with Gasteiger partial charge in [-0.3, -0.25) is 4.99 Å². The van der Waals surface area contributed by atoms with E-state index in [1.165, 1.54) is 0 Å². The number of benzene rings is 1. The Morgan fingerprint density at radius 3 is 2.42 bits per heavy atom. The average Bonchev–Trinajstić information content (AvgIpc) is 3.21. The Balaban J connectivity index is 0.00000480. The fraction of sp³-hybridized carbons (Fsp3) is 0.571. The van der Waals surface area contributed by atoms with E-state index >= 15 is 0 Å². The van der Waals surface area contributed by atoms with E-state index in [0.717, 1.165) is 37.2 Å². The van der Waals surface area contributed by atoms with Gasteiger partial charge < -0.3 is 30.9 Å². The second-order valence-electron chi connectivity index (χ2n) is 8.11. The van der Waals surface area contributed by atoms with Gasteiger partial charge in [-0.1, -0.05) is 12.1 Å². The molecule has 174 valence electrons. The van der Waals surface area contributed by atoms with Crippen LogP contribution in [-0.2, 0) is 11.3 Å². The SMILES string of the molecule is CN=C(NCCNC(=O)OC(C)(C)C)NCc1cccc(NC(=O)N2CCCC2)c1.I. The third kappa shape index (κ3) is 10.6. The molecule has 1 heterocycles. The lowest BCUT2D eigenvalue weighted by Gasteiger charge is -2.20. The van der Waals surface area contributed by atoms with Crippen molar-refractivity contribution in [3.8, 4) is 0 Å². The zero-order chi connectivity index (χ0) is 22.0. The summed E-state index contributed by atoms with van der Waals surface area (Å²) in [5.74, 6) is 0.618. The normalized spacial score (nSPS) is 13.8. The van der Waals surface area contributed by atoms with E-state index in [1.54, 1.807) is 7.05 Å². The van der Waals surface area contributed by atoms with Crippen molar-refractivity contribution in [1.29, 1.82) is 0 Å². The van der Waals surface area contributed by atoms with E-state index in [2.05, 4.69) is 26.3 Å². The topological polar surface area (TPSA) is 107 Å². The van der Waals surface area contributed by atoms with Gasteiger partial charge in [-0.15, -0.1) is 24.0 Å². The number of carbonyl (C=O) groups excluding carboxylic acids is 2. The van der Waals surface area contributed by atoms with Crippen LogP contribution in [0.2, 0.25) is 0 Å². The number of anilines is 1. The number of nitrogens with one attached hydrogen (secondary N) is 4. The molecule has 0 unspecified atom stereocenters. The number of urea groups is 1. The van der Waals surface area contributed by atoms with Gasteiger partial charge in [0.25, 0.3) is 0 Å². The van der Waals surface area contributed by atoms with E-state index < -0.39 is 11.7 Å². The molecule has 31 heavy (non-hydrogen) atoms. The molecule has 0 radical (unpaired) electrons. The molecule has 0 bridgehead atoms. The van der Waals surface area contributed by atoms with Crippen molar-refractivity contribution < 1.29 is 14.3 Å². The number of guanidine groups is 1. The van der Waals surface area contributed by atoms with Gasteiger partial charge in [0.2, 0.25) is 0 Å². The van der Waals surface area contributed by atoms with E-state index in [9.17, 15) is 9.59 Å². The summed E-state index contributed by atoms with van der Waals surface area (Å²) in [5, 5.41) is 12.0. The number of hydrogen-bond acceptors (Lipinski definition) is 4. The number of ether oxygens (including phenoxy) is 1. The molecule has 1 aliphatic rings. The van der Waals surface area contributed by atoms with Crippen LogP contribution >= 0.6 is 24.0 Å². The highest BCUT2D eigenvalue weighted by Gasteiger charge is 2.18. The number of halogens is 1. The number of rotatable bonds is 6. The first kappa shape index (κ1) is 26.8. The van der Waals surface area contributed by atoms with Crippen LogP contribution in [0.3, 0.4) is 0 Å². The molecule has 0 aromatic heterocycles. The molecule has 0 aliphatic carbocycles. The highest BCUT2D eigenvalue weighted by Crippen LogP contribution is 2.14. The van der Waals surface area contributed by atoms with Gasteiger partial charge >= 0.3 is 12.1 Å². The van der Waals surface area contributed by atoms with Crippen molar-refractivity contribution in [2.75, 3.05) is 38.5 Å². The second-order valence-corrected chi connectivity index (χ2v) is 8.11. The van der Waals surface area contributed by atoms with Crippen LogP contribution in [0, 0.1) is 0 Å². The van der Waals surface area contributed by atoms with Gasteiger partial charge in [0, 0.05) is 45.5 Å². The number of amides is 3. The van der Waals surface area contributed by atoms with Crippen molar-refractivity contribution in [1.82, 2.24) is 20.9 Å². The van der Waals surface area contributed by atoms with Crippen LogP contribution in [0.5, 0.6) is 0 Å². The van der Waals surface area contributed by atoms with Crippen LogP contribution in [0.25, 0.3) is 0 Å². The zero-order valence-electron chi connectivity index (χ0n) is 18.8. The number of hydrogen-bond donors (Lipinski definition) is 4. The van der Waals surface area contributed by atoms with Crippen LogP contribution in [0.1, 0.15) is 39.2 Å². The van der Waals surface area contributed by atoms with Crippen LogP contribution in [-0.4, -0.2) is 61.8 Å². The highest BCUT2D eigenvalue weighted by atomic mass is 127. The number of nitrogens with zero attached hydrogens (tertiary/aromatic N) is 2. The maximum absolute atomic E-state index is 12.2. The maximum Gasteiger partial charge on any atom is 0.407 e. The lowest BCUT2D eigenvalue weighted by molar-refractivity contribution is 0.0529. The molecule has 1 fully saturated rings. The summed E-state index contributed by atoms with van der Waals surface area (Å²) in [6.45, 7) is 8.57. The summed E-state index contributed by atoms with van der Waals surface area (Å²) >= 11 is 0. The largest absolute Gasteiger partial charge is 0.444 e. The summed E-state index contributed by atoms with van der Waals surface area (Å²) in [5.41, 5.74) is 1.28. The fourth-order valence-corrected chi connectivity index (χ4v) is 2.95. The summed E-state index contributed by atoms with van der Waals surface area (Å²) in [4.78, 5) is 29.9. The Morgan fingerprint density at radius 2 is 1.77 bits per heavy atom. The smallest absolute Gasteiger partial charge is 0.407 e. The number of carbonyl (C=O) groups is 2. The molecule has 1 aromatic carbocycles. The fourth-order valence-electron chi connectivity index (χ4n) is 2.95. The molecule has 0 saturated carbocycles. The Morgan fingerprint density at radius 1 is 1.10 bits per heavy atom. The highest BCUT2D eigenvalue weighted by molar-refractivity contribution is 14.0. The van der Waals surface area contributed by atoms with Gasteiger partial charge in [-0.05, 0) is 51.3 Å². The second kappa shape index (κ2) is 13.2. The van der Waals surface area contributed by atoms with E-state index in [-0.39, 0.29) is 30.0 Å². The molecule has 10 heteroatoms. The monoisotopic (exact) mass is 546 g/mol. The molecule has 9 nitrogen and oxygen atoms in total. The maximum atomic E-state index is 12.2. The molecule has 0 atom stereocenters. The van der Waals surface area contributed by atoms with Crippen LogP contribution < -0.4 is 21.3 Å². The first-order chi connectivity index (χ1) is 14.3. The Labute approximate surface area is 201 Å². The molecule has 3 amide bonds. The summed E-state index contributed by atoms with van der Waals surface area (Å²) in [6, 6.07) is 7.67. The van der Waals surface area contributed by atoms with E-state index in [1.807, 2.05) is 49.9 Å². The van der Waals surface area contributed by atoms with E-state index in [4.69, 9.17) is 4.74 Å². The number of aliphatic imine (C=N–C) groups is 1. The third-order valence-corrected chi connectivity index (χ3v) is 4.34. The van der Waals surface area contributed by atoms with Gasteiger partial charge in [0.05, 0.1) is 0 Å². The quantitative estimate of drug-likeness (QED) is 0.190. The lowest BCUT2D eigenvalue weighted by atomic mass is 10.2. The number of alkyl carbamates (subject to hydrolysis) is 1. The van der Waals surface area contributed by atoms with Gasteiger partial charge in [0.15, 0.2) is 5.96 Å². The minimum absolute atomic E-state index is 0. The van der Waals surface area contributed by atoms with Gasteiger partial charge in [-0.2, -0.15) is 0 Å². The number of likely N-dealkylation sites (tertiary alicyclic amines) is 1. The Hall–Kier alpha value is -2.24. The van der Waals surface area contributed by atoms with Crippen molar-refractivity contribution in [2.24, 2.45) is 4.99 Å². The third-order valence-electron chi connectivity index (χ3n) is 4.34. The molecule has 1 aromatic rings. The van der Waals surface area contributed by atoms with Crippen molar-refractivity contribution in [2.45, 2.75) is 45.8 Å². The first-order valence-corrected chi connectivity index (χ1v) is 10.3. The predicted octanol–water partition coefficient (Wildman–Crippen LogP) is 3.12. The zero-order valence-corrected chi connectivity index (χ0v) is 21.1. The molecule has 0 spiro atoms. The molecular weight excluding hydrogens is 511 g/mol. The lowest BCUT2D eigenvalue weighted by Crippen LogP contribution is -2.42. The summed E-state index contributed by atoms with van der Waals surface area (Å²) < 4.78 is 5.19. The van der Waals surface area contributed by atoms with Gasteiger partial charge in [0.1, 0.15) is 5.60 Å². The van der Waals surface area contributed by atoms with Gasteiger partial charge in [-0.25, -0.2) is 9.59 Å².